The zero-order valence-corrected chi connectivity index (χ0v) is 9.73. The Morgan fingerprint density at radius 3 is 2.81 bits per heavy atom. The van der Waals surface area contributed by atoms with Gasteiger partial charge in [0.25, 0.3) is 5.56 Å². The van der Waals surface area contributed by atoms with Crippen LogP contribution in [0, 0.1) is 6.92 Å². The Morgan fingerprint density at radius 2 is 2.06 bits per heavy atom. The summed E-state index contributed by atoms with van der Waals surface area (Å²) in [4.78, 5) is 16.3. The molecule has 0 atom stereocenters. The topological polar surface area (TPSA) is 34.9 Å². The Bertz CT molecular complexity index is 557. The van der Waals surface area contributed by atoms with E-state index in [9.17, 15) is 4.79 Å². The largest absolute Gasteiger partial charge is 0.305 e. The molecular weight excluding hydrogens is 200 g/mol. The van der Waals surface area contributed by atoms with E-state index in [1.807, 2.05) is 28.8 Å². The number of aryl methyl sites for hydroxylation is 2. The monoisotopic (exact) mass is 216 g/mol. The van der Waals surface area contributed by atoms with E-state index in [1.54, 1.807) is 6.92 Å². The van der Waals surface area contributed by atoms with Crippen molar-refractivity contribution in [2.75, 3.05) is 0 Å². The molecule has 16 heavy (non-hydrogen) atoms. The van der Waals surface area contributed by atoms with Crippen LogP contribution in [0.4, 0.5) is 0 Å². The lowest BCUT2D eigenvalue weighted by molar-refractivity contribution is 0.626. The molecular formula is C13H16N2O. The van der Waals surface area contributed by atoms with E-state index in [0.717, 1.165) is 30.4 Å². The number of unbranched alkanes of at least 4 members (excludes halogenated alkanes) is 1. The summed E-state index contributed by atoms with van der Waals surface area (Å²) in [5, 5.41) is 0. The molecule has 0 unspecified atom stereocenters. The van der Waals surface area contributed by atoms with Crippen molar-refractivity contribution in [2.45, 2.75) is 33.2 Å². The van der Waals surface area contributed by atoms with Crippen molar-refractivity contribution in [1.82, 2.24) is 9.55 Å². The van der Waals surface area contributed by atoms with Crippen LogP contribution in [0.1, 0.15) is 25.5 Å². The van der Waals surface area contributed by atoms with Crippen LogP contribution in [-0.2, 0) is 6.54 Å². The fourth-order valence-electron chi connectivity index (χ4n) is 1.86. The first-order chi connectivity index (χ1) is 7.74. The lowest BCUT2D eigenvalue weighted by Crippen LogP contribution is -2.24. The minimum atomic E-state index is 0.0344. The molecule has 0 amide bonds. The second-order valence-corrected chi connectivity index (χ2v) is 4.00. The first-order valence-corrected chi connectivity index (χ1v) is 5.70. The van der Waals surface area contributed by atoms with Crippen LogP contribution in [0.15, 0.2) is 29.1 Å². The molecule has 2 aromatic rings. The van der Waals surface area contributed by atoms with Crippen LogP contribution in [0.2, 0.25) is 0 Å². The molecule has 0 radical (unpaired) electrons. The molecule has 0 spiro atoms. The van der Waals surface area contributed by atoms with Gasteiger partial charge in [0.05, 0.1) is 11.0 Å². The third-order valence-electron chi connectivity index (χ3n) is 2.75. The van der Waals surface area contributed by atoms with E-state index in [2.05, 4.69) is 11.9 Å². The van der Waals surface area contributed by atoms with Crippen LogP contribution < -0.4 is 5.56 Å². The van der Waals surface area contributed by atoms with Crippen LogP contribution in [0.5, 0.6) is 0 Å². The third kappa shape index (κ3) is 1.85. The van der Waals surface area contributed by atoms with Gasteiger partial charge >= 0.3 is 0 Å². The fourth-order valence-corrected chi connectivity index (χ4v) is 1.86. The summed E-state index contributed by atoms with van der Waals surface area (Å²) in [6.45, 7) is 4.68. The first-order valence-electron chi connectivity index (χ1n) is 5.70. The van der Waals surface area contributed by atoms with E-state index >= 15 is 0 Å². The molecule has 0 fully saturated rings. The standard InChI is InChI=1S/C13H16N2O/c1-3-4-9-15-12-8-6-5-7-11(12)14-10(2)13(15)16/h5-8H,3-4,9H2,1-2H3. The lowest BCUT2D eigenvalue weighted by atomic mass is 10.2. The maximum Gasteiger partial charge on any atom is 0.272 e. The average Bonchev–Trinajstić information content (AvgIpc) is 2.30. The van der Waals surface area contributed by atoms with Gasteiger partial charge in [-0.05, 0) is 25.5 Å². The molecule has 2 rings (SSSR count). The molecule has 0 bridgehead atoms. The summed E-state index contributed by atoms with van der Waals surface area (Å²) in [7, 11) is 0. The molecule has 0 aliphatic carbocycles. The zero-order chi connectivity index (χ0) is 11.5. The summed E-state index contributed by atoms with van der Waals surface area (Å²) in [5.41, 5.74) is 2.45. The summed E-state index contributed by atoms with van der Waals surface area (Å²) >= 11 is 0. The molecule has 0 aliphatic heterocycles. The second-order valence-electron chi connectivity index (χ2n) is 4.00. The normalized spacial score (nSPS) is 10.9. The van der Waals surface area contributed by atoms with Crippen molar-refractivity contribution in [3.8, 4) is 0 Å². The highest BCUT2D eigenvalue weighted by atomic mass is 16.1. The number of benzene rings is 1. The van der Waals surface area contributed by atoms with E-state index < -0.39 is 0 Å². The van der Waals surface area contributed by atoms with Gasteiger partial charge in [-0.15, -0.1) is 0 Å². The molecule has 0 saturated heterocycles. The van der Waals surface area contributed by atoms with Crippen LogP contribution in [0.3, 0.4) is 0 Å². The number of fused-ring (bicyclic) bond motifs is 1. The summed E-state index contributed by atoms with van der Waals surface area (Å²) in [6.07, 6.45) is 2.11. The highest BCUT2D eigenvalue weighted by Gasteiger charge is 2.06. The number of aromatic nitrogens is 2. The number of hydrogen-bond donors (Lipinski definition) is 0. The minimum absolute atomic E-state index is 0.0344. The third-order valence-corrected chi connectivity index (χ3v) is 2.75. The van der Waals surface area contributed by atoms with Gasteiger partial charge in [0, 0.05) is 6.54 Å². The molecule has 3 nitrogen and oxygen atoms in total. The van der Waals surface area contributed by atoms with E-state index in [-0.39, 0.29) is 5.56 Å². The molecule has 0 N–H and O–H groups in total. The SMILES string of the molecule is CCCCn1c(=O)c(C)nc2ccccc21. The van der Waals surface area contributed by atoms with Crippen LogP contribution >= 0.6 is 0 Å². The lowest BCUT2D eigenvalue weighted by Gasteiger charge is -2.09. The van der Waals surface area contributed by atoms with Gasteiger partial charge in [-0.3, -0.25) is 4.79 Å². The van der Waals surface area contributed by atoms with Crippen molar-refractivity contribution in [1.29, 1.82) is 0 Å². The van der Waals surface area contributed by atoms with E-state index in [1.165, 1.54) is 0 Å². The minimum Gasteiger partial charge on any atom is -0.305 e. The number of nitrogens with zero attached hydrogens (tertiary/aromatic N) is 2. The van der Waals surface area contributed by atoms with Crippen molar-refractivity contribution in [3.05, 3.63) is 40.3 Å². The number of hydrogen-bond acceptors (Lipinski definition) is 2. The number of rotatable bonds is 3. The molecule has 1 aromatic heterocycles. The fraction of sp³-hybridized carbons (Fsp3) is 0.385. The first kappa shape index (κ1) is 10.9. The summed E-state index contributed by atoms with van der Waals surface area (Å²) < 4.78 is 1.83. The molecule has 0 saturated carbocycles. The van der Waals surface area contributed by atoms with Crippen LogP contribution in [0.25, 0.3) is 11.0 Å². The van der Waals surface area contributed by atoms with Gasteiger partial charge in [-0.2, -0.15) is 0 Å². The number of para-hydroxylation sites is 2. The predicted octanol–water partition coefficient (Wildman–Crippen LogP) is 2.51. The highest BCUT2D eigenvalue weighted by Crippen LogP contribution is 2.10. The Morgan fingerprint density at radius 1 is 1.31 bits per heavy atom. The van der Waals surface area contributed by atoms with Gasteiger partial charge in [0.15, 0.2) is 0 Å². The Balaban J connectivity index is 2.66. The Labute approximate surface area is 94.7 Å². The van der Waals surface area contributed by atoms with Crippen LogP contribution in [-0.4, -0.2) is 9.55 Å². The smallest absolute Gasteiger partial charge is 0.272 e. The van der Waals surface area contributed by atoms with Gasteiger partial charge in [0.1, 0.15) is 5.69 Å². The molecule has 0 aliphatic rings. The molecule has 1 heterocycles. The van der Waals surface area contributed by atoms with Crippen molar-refractivity contribution < 1.29 is 0 Å². The summed E-state index contributed by atoms with van der Waals surface area (Å²) in [5.74, 6) is 0. The van der Waals surface area contributed by atoms with E-state index in [0.29, 0.717) is 5.69 Å². The molecule has 1 aromatic carbocycles. The van der Waals surface area contributed by atoms with Crippen molar-refractivity contribution in [2.24, 2.45) is 0 Å². The van der Waals surface area contributed by atoms with Gasteiger partial charge in [0.2, 0.25) is 0 Å². The second kappa shape index (κ2) is 4.47. The van der Waals surface area contributed by atoms with Gasteiger partial charge < -0.3 is 4.57 Å². The Hall–Kier alpha value is -1.64. The maximum atomic E-state index is 12.0. The van der Waals surface area contributed by atoms with Crippen molar-refractivity contribution in [3.63, 3.8) is 0 Å². The van der Waals surface area contributed by atoms with Gasteiger partial charge in [-0.25, -0.2) is 4.98 Å². The quantitative estimate of drug-likeness (QED) is 0.790. The predicted molar refractivity (Wildman–Crippen MR) is 65.6 cm³/mol. The summed E-state index contributed by atoms with van der Waals surface area (Å²) in [6, 6.07) is 7.80. The maximum absolute atomic E-state index is 12.0. The average molecular weight is 216 g/mol. The van der Waals surface area contributed by atoms with E-state index in [4.69, 9.17) is 0 Å². The van der Waals surface area contributed by atoms with Crippen molar-refractivity contribution >= 4 is 11.0 Å². The zero-order valence-electron chi connectivity index (χ0n) is 9.73. The molecule has 84 valence electrons. The highest BCUT2D eigenvalue weighted by molar-refractivity contribution is 5.74. The van der Waals surface area contributed by atoms with Gasteiger partial charge in [-0.1, -0.05) is 25.5 Å². The molecule has 3 heteroatoms. The Kier molecular flexibility index (Phi) is 3.04.